The molecule has 1 aromatic rings. The molecule has 1 atom stereocenters. The SMILES string of the molecule is Cc1ccccc1OC(C)CNC(=O)CCl. The highest BCUT2D eigenvalue weighted by Crippen LogP contribution is 2.17. The third kappa shape index (κ3) is 4.11. The Labute approximate surface area is 101 Å². The molecule has 1 amide bonds. The van der Waals surface area contributed by atoms with Gasteiger partial charge in [-0.15, -0.1) is 11.6 Å². The normalized spacial score (nSPS) is 11.9. The highest BCUT2D eigenvalue weighted by molar-refractivity contribution is 6.27. The van der Waals surface area contributed by atoms with Crippen LogP contribution in [0.25, 0.3) is 0 Å². The molecule has 0 fully saturated rings. The molecular formula is C12H16ClNO2. The first kappa shape index (κ1) is 12.8. The first-order valence-electron chi connectivity index (χ1n) is 5.18. The Bertz CT molecular complexity index is 355. The Morgan fingerprint density at radius 3 is 2.81 bits per heavy atom. The maximum Gasteiger partial charge on any atom is 0.235 e. The molecule has 3 nitrogen and oxygen atoms in total. The van der Waals surface area contributed by atoms with E-state index in [0.29, 0.717) is 6.54 Å². The van der Waals surface area contributed by atoms with Gasteiger partial charge in [0.2, 0.25) is 5.91 Å². The molecule has 0 spiro atoms. The zero-order valence-electron chi connectivity index (χ0n) is 9.50. The molecule has 0 aliphatic rings. The van der Waals surface area contributed by atoms with Gasteiger partial charge in [-0.2, -0.15) is 0 Å². The van der Waals surface area contributed by atoms with Crippen LogP contribution in [0.2, 0.25) is 0 Å². The molecule has 4 heteroatoms. The average Bonchev–Trinajstić information content (AvgIpc) is 2.29. The van der Waals surface area contributed by atoms with Crippen molar-refractivity contribution in [1.29, 1.82) is 0 Å². The van der Waals surface area contributed by atoms with Crippen LogP contribution in [0.3, 0.4) is 0 Å². The van der Waals surface area contributed by atoms with E-state index in [4.69, 9.17) is 16.3 Å². The predicted molar refractivity (Wildman–Crippen MR) is 65.0 cm³/mol. The average molecular weight is 242 g/mol. The van der Waals surface area contributed by atoms with Crippen LogP contribution in [0, 0.1) is 6.92 Å². The second kappa shape index (κ2) is 6.38. The summed E-state index contributed by atoms with van der Waals surface area (Å²) in [7, 11) is 0. The fraction of sp³-hybridized carbons (Fsp3) is 0.417. The van der Waals surface area contributed by atoms with Crippen LogP contribution in [-0.2, 0) is 4.79 Å². The number of ether oxygens (including phenoxy) is 1. The molecule has 1 N–H and O–H groups in total. The maximum atomic E-state index is 10.9. The Hall–Kier alpha value is -1.22. The van der Waals surface area contributed by atoms with Gasteiger partial charge < -0.3 is 10.1 Å². The molecule has 0 saturated carbocycles. The van der Waals surface area contributed by atoms with Gasteiger partial charge in [-0.25, -0.2) is 0 Å². The van der Waals surface area contributed by atoms with Gasteiger partial charge >= 0.3 is 0 Å². The first-order valence-corrected chi connectivity index (χ1v) is 5.72. The minimum absolute atomic E-state index is 0.0168. The predicted octanol–water partition coefficient (Wildman–Crippen LogP) is 2.12. The van der Waals surface area contributed by atoms with Crippen LogP contribution < -0.4 is 10.1 Å². The quantitative estimate of drug-likeness (QED) is 0.802. The van der Waals surface area contributed by atoms with Crippen molar-refractivity contribution in [2.45, 2.75) is 20.0 Å². The molecule has 0 radical (unpaired) electrons. The molecule has 1 unspecified atom stereocenters. The van der Waals surface area contributed by atoms with Crippen molar-refractivity contribution in [3.05, 3.63) is 29.8 Å². The largest absolute Gasteiger partial charge is 0.489 e. The zero-order chi connectivity index (χ0) is 12.0. The summed E-state index contributed by atoms with van der Waals surface area (Å²) in [4.78, 5) is 10.9. The van der Waals surface area contributed by atoms with Gasteiger partial charge in [-0.3, -0.25) is 4.79 Å². The number of carbonyl (C=O) groups excluding carboxylic acids is 1. The summed E-state index contributed by atoms with van der Waals surface area (Å²) in [5, 5.41) is 2.68. The van der Waals surface area contributed by atoms with Gasteiger partial charge in [0.25, 0.3) is 0 Å². The van der Waals surface area contributed by atoms with Crippen LogP contribution in [0.4, 0.5) is 0 Å². The minimum Gasteiger partial charge on any atom is -0.489 e. The summed E-state index contributed by atoms with van der Waals surface area (Å²) in [5.41, 5.74) is 1.08. The standard InChI is InChI=1S/C12H16ClNO2/c1-9-5-3-4-6-11(9)16-10(2)8-14-12(15)7-13/h3-6,10H,7-8H2,1-2H3,(H,14,15). The molecule has 16 heavy (non-hydrogen) atoms. The van der Waals surface area contributed by atoms with Crippen molar-refractivity contribution in [3.63, 3.8) is 0 Å². The Balaban J connectivity index is 2.43. The van der Waals surface area contributed by atoms with Crippen LogP contribution in [0.5, 0.6) is 5.75 Å². The number of alkyl halides is 1. The van der Waals surface area contributed by atoms with Crippen LogP contribution in [-0.4, -0.2) is 24.4 Å². The number of benzene rings is 1. The van der Waals surface area contributed by atoms with Crippen molar-refractivity contribution in [2.75, 3.05) is 12.4 Å². The highest BCUT2D eigenvalue weighted by atomic mass is 35.5. The number of para-hydroxylation sites is 1. The lowest BCUT2D eigenvalue weighted by Crippen LogP contribution is -2.34. The van der Waals surface area contributed by atoms with Gasteiger partial charge in [-0.1, -0.05) is 18.2 Å². The Morgan fingerprint density at radius 2 is 2.19 bits per heavy atom. The summed E-state index contributed by atoms with van der Waals surface area (Å²) in [6.45, 7) is 4.35. The number of nitrogens with one attached hydrogen (secondary N) is 1. The van der Waals surface area contributed by atoms with Gasteiger partial charge in [0.05, 0.1) is 6.54 Å². The fourth-order valence-electron chi connectivity index (χ4n) is 1.25. The van der Waals surface area contributed by atoms with Crippen molar-refractivity contribution in [2.24, 2.45) is 0 Å². The van der Waals surface area contributed by atoms with Gasteiger partial charge in [0.1, 0.15) is 17.7 Å². The lowest BCUT2D eigenvalue weighted by molar-refractivity contribution is -0.119. The van der Waals surface area contributed by atoms with E-state index >= 15 is 0 Å². The summed E-state index contributed by atoms with van der Waals surface area (Å²) in [6, 6.07) is 7.78. The number of carbonyl (C=O) groups is 1. The Kier molecular flexibility index (Phi) is 5.12. The molecule has 0 aliphatic carbocycles. The topological polar surface area (TPSA) is 38.3 Å². The third-order valence-corrected chi connectivity index (χ3v) is 2.37. The number of aryl methyl sites for hydroxylation is 1. The second-order valence-electron chi connectivity index (χ2n) is 3.63. The molecule has 88 valence electrons. The number of hydrogen-bond acceptors (Lipinski definition) is 2. The van der Waals surface area contributed by atoms with E-state index in [1.807, 2.05) is 38.1 Å². The fourth-order valence-corrected chi connectivity index (χ4v) is 1.35. The van der Waals surface area contributed by atoms with Crippen LogP contribution >= 0.6 is 11.6 Å². The Morgan fingerprint density at radius 1 is 1.50 bits per heavy atom. The lowest BCUT2D eigenvalue weighted by atomic mass is 10.2. The van der Waals surface area contributed by atoms with Crippen molar-refractivity contribution in [3.8, 4) is 5.75 Å². The van der Waals surface area contributed by atoms with Crippen LogP contribution in [0.15, 0.2) is 24.3 Å². The summed E-state index contributed by atoms with van der Waals surface area (Å²) in [6.07, 6.45) is -0.0757. The van der Waals surface area contributed by atoms with Gasteiger partial charge in [0, 0.05) is 0 Å². The molecular weight excluding hydrogens is 226 g/mol. The molecule has 1 rings (SSSR count). The summed E-state index contributed by atoms with van der Waals surface area (Å²) in [5.74, 6) is 0.647. The second-order valence-corrected chi connectivity index (χ2v) is 3.90. The zero-order valence-corrected chi connectivity index (χ0v) is 10.3. The molecule has 0 aliphatic heterocycles. The molecule has 0 bridgehead atoms. The van der Waals surface area contributed by atoms with E-state index in [2.05, 4.69) is 5.32 Å². The van der Waals surface area contributed by atoms with E-state index in [1.165, 1.54) is 0 Å². The number of amides is 1. The van der Waals surface area contributed by atoms with Crippen molar-refractivity contribution < 1.29 is 9.53 Å². The van der Waals surface area contributed by atoms with Crippen molar-refractivity contribution in [1.82, 2.24) is 5.32 Å². The molecule has 0 heterocycles. The van der Waals surface area contributed by atoms with Crippen molar-refractivity contribution >= 4 is 17.5 Å². The third-order valence-electron chi connectivity index (χ3n) is 2.13. The minimum atomic E-state index is -0.179. The van der Waals surface area contributed by atoms with Gasteiger partial charge in [-0.05, 0) is 25.5 Å². The summed E-state index contributed by atoms with van der Waals surface area (Å²) >= 11 is 5.37. The van der Waals surface area contributed by atoms with Crippen LogP contribution in [0.1, 0.15) is 12.5 Å². The highest BCUT2D eigenvalue weighted by Gasteiger charge is 2.07. The smallest absolute Gasteiger partial charge is 0.235 e. The number of rotatable bonds is 5. The summed E-state index contributed by atoms with van der Waals surface area (Å²) < 4.78 is 5.68. The van der Waals surface area contributed by atoms with E-state index in [0.717, 1.165) is 11.3 Å². The molecule has 0 saturated heterocycles. The molecule has 0 aromatic heterocycles. The maximum absolute atomic E-state index is 10.9. The van der Waals surface area contributed by atoms with Gasteiger partial charge in [0.15, 0.2) is 0 Å². The number of halogens is 1. The van der Waals surface area contributed by atoms with E-state index in [-0.39, 0.29) is 17.9 Å². The monoisotopic (exact) mass is 241 g/mol. The van der Waals surface area contributed by atoms with E-state index < -0.39 is 0 Å². The van der Waals surface area contributed by atoms with E-state index in [9.17, 15) is 4.79 Å². The van der Waals surface area contributed by atoms with E-state index in [1.54, 1.807) is 0 Å². The molecule has 1 aromatic carbocycles. The first-order chi connectivity index (χ1) is 7.63. The number of hydrogen-bond donors (Lipinski definition) is 1. The lowest BCUT2D eigenvalue weighted by Gasteiger charge is -2.16.